The molecule has 5 heteroatoms. The van der Waals surface area contributed by atoms with Gasteiger partial charge in [-0.2, -0.15) is 0 Å². The lowest BCUT2D eigenvalue weighted by atomic mass is 10.0. The molecule has 0 N–H and O–H groups in total. The van der Waals surface area contributed by atoms with Gasteiger partial charge in [0.15, 0.2) is 5.71 Å². The molecular formula is C16H29NO4. The number of ether oxygens (including phenoxy) is 2. The van der Waals surface area contributed by atoms with Crippen molar-refractivity contribution in [2.24, 2.45) is 5.92 Å². The Balaban J connectivity index is 5.23. The molecule has 21 heavy (non-hydrogen) atoms. The number of hydrogen-bond acceptors (Lipinski definition) is 4. The molecule has 0 rings (SSSR count). The SMILES string of the molecule is CCOC(=O)C(/C=C(\[O-])OCC)CC(C)=[N+](CC)C(C)C. The van der Waals surface area contributed by atoms with E-state index in [0.29, 0.717) is 25.7 Å². The lowest BCUT2D eigenvalue weighted by molar-refractivity contribution is -0.556. The molecule has 5 nitrogen and oxygen atoms in total. The fourth-order valence-corrected chi connectivity index (χ4v) is 2.33. The average molecular weight is 299 g/mol. The zero-order valence-electron chi connectivity index (χ0n) is 14.1. The van der Waals surface area contributed by atoms with Gasteiger partial charge in [-0.15, -0.1) is 0 Å². The molecule has 0 aromatic carbocycles. The van der Waals surface area contributed by atoms with Crippen LogP contribution < -0.4 is 5.11 Å². The van der Waals surface area contributed by atoms with Crippen molar-refractivity contribution in [1.82, 2.24) is 0 Å². The Labute approximate surface area is 128 Å². The Kier molecular flexibility index (Phi) is 9.50. The molecule has 1 unspecified atom stereocenters. The molecule has 0 aliphatic carbocycles. The first-order valence-electron chi connectivity index (χ1n) is 7.64. The summed E-state index contributed by atoms with van der Waals surface area (Å²) < 4.78 is 12.1. The normalized spacial score (nSPS) is 14.7. The maximum atomic E-state index is 12.0. The van der Waals surface area contributed by atoms with Gasteiger partial charge in [0.25, 0.3) is 0 Å². The highest BCUT2D eigenvalue weighted by atomic mass is 16.6. The van der Waals surface area contributed by atoms with Crippen molar-refractivity contribution in [1.29, 1.82) is 0 Å². The van der Waals surface area contributed by atoms with Crippen molar-refractivity contribution in [3.63, 3.8) is 0 Å². The first-order valence-corrected chi connectivity index (χ1v) is 7.64. The van der Waals surface area contributed by atoms with E-state index in [0.717, 1.165) is 12.3 Å². The Hall–Kier alpha value is -1.52. The molecule has 0 heterocycles. The van der Waals surface area contributed by atoms with Crippen molar-refractivity contribution >= 4 is 11.7 Å². The van der Waals surface area contributed by atoms with Gasteiger partial charge in [-0.1, -0.05) is 6.92 Å². The summed E-state index contributed by atoms with van der Waals surface area (Å²) >= 11 is 0. The quantitative estimate of drug-likeness (QED) is 0.281. The molecule has 0 aliphatic heterocycles. The van der Waals surface area contributed by atoms with Crippen LogP contribution in [0.3, 0.4) is 0 Å². The van der Waals surface area contributed by atoms with Gasteiger partial charge in [-0.05, 0) is 40.4 Å². The Morgan fingerprint density at radius 2 is 1.76 bits per heavy atom. The smallest absolute Gasteiger partial charge is 0.313 e. The molecule has 0 aromatic rings. The molecule has 122 valence electrons. The summed E-state index contributed by atoms with van der Waals surface area (Å²) in [6.07, 6.45) is 1.78. The first kappa shape index (κ1) is 19.5. The van der Waals surface area contributed by atoms with Gasteiger partial charge >= 0.3 is 5.97 Å². The van der Waals surface area contributed by atoms with Crippen LogP contribution in [0.2, 0.25) is 0 Å². The van der Waals surface area contributed by atoms with E-state index < -0.39 is 11.9 Å². The summed E-state index contributed by atoms with van der Waals surface area (Å²) in [5.74, 6) is -1.46. The van der Waals surface area contributed by atoms with Crippen molar-refractivity contribution in [3.05, 3.63) is 12.0 Å². The number of nitrogens with zero attached hydrogens (tertiary/aromatic N) is 1. The minimum absolute atomic E-state index is 0.292. The summed E-state index contributed by atoms with van der Waals surface area (Å²) in [6, 6.07) is 0.348. The second-order valence-corrected chi connectivity index (χ2v) is 5.10. The predicted octanol–water partition coefficient (Wildman–Crippen LogP) is 1.70. The Morgan fingerprint density at radius 1 is 1.19 bits per heavy atom. The fourth-order valence-electron chi connectivity index (χ4n) is 2.33. The molecule has 0 aliphatic rings. The monoisotopic (exact) mass is 299 g/mol. The van der Waals surface area contributed by atoms with Crippen LogP contribution in [0, 0.1) is 5.92 Å². The second-order valence-electron chi connectivity index (χ2n) is 5.10. The van der Waals surface area contributed by atoms with Crippen molar-refractivity contribution in [2.75, 3.05) is 19.8 Å². The van der Waals surface area contributed by atoms with E-state index in [2.05, 4.69) is 25.3 Å². The summed E-state index contributed by atoms with van der Waals surface area (Å²) in [4.78, 5) is 12.0. The number of carbonyl (C=O) groups is 1. The van der Waals surface area contributed by atoms with E-state index >= 15 is 0 Å². The van der Waals surface area contributed by atoms with Crippen LogP contribution in [0.1, 0.15) is 48.0 Å². The van der Waals surface area contributed by atoms with Crippen molar-refractivity contribution in [2.45, 2.75) is 54.0 Å². The lowest BCUT2D eigenvalue weighted by Crippen LogP contribution is -2.29. The summed E-state index contributed by atoms with van der Waals surface area (Å²) in [6.45, 7) is 13.2. The Morgan fingerprint density at radius 3 is 2.19 bits per heavy atom. The average Bonchev–Trinajstić information content (AvgIpc) is 2.38. The van der Waals surface area contributed by atoms with E-state index in [4.69, 9.17) is 9.47 Å². The van der Waals surface area contributed by atoms with Gasteiger partial charge in [0, 0.05) is 19.3 Å². The zero-order chi connectivity index (χ0) is 16.4. The van der Waals surface area contributed by atoms with Crippen LogP contribution in [0.4, 0.5) is 0 Å². The molecule has 0 spiro atoms. The minimum Gasteiger partial charge on any atom is -0.614 e. The minimum atomic E-state index is -0.600. The molecule has 0 saturated carbocycles. The number of hydrogen-bond donors (Lipinski definition) is 0. The van der Waals surface area contributed by atoms with Crippen molar-refractivity contribution in [3.8, 4) is 0 Å². The fraction of sp³-hybridized carbons (Fsp3) is 0.750. The van der Waals surface area contributed by atoms with Gasteiger partial charge < -0.3 is 14.6 Å². The lowest BCUT2D eigenvalue weighted by Gasteiger charge is -2.18. The summed E-state index contributed by atoms with van der Waals surface area (Å²) in [7, 11) is 0. The molecular weight excluding hydrogens is 270 g/mol. The predicted molar refractivity (Wildman–Crippen MR) is 81.1 cm³/mol. The molecule has 0 amide bonds. The standard InChI is InChI=1S/C16H29NO4/c1-7-17(12(4)5)13(6)10-14(16(19)21-9-3)11-15(18)20-8-2/h11-12,14H,7-10H2,1-6H3/b15-11+,17-13?. The van der Waals surface area contributed by atoms with Crippen LogP contribution in [-0.2, 0) is 14.3 Å². The number of carbonyl (C=O) groups excluding carboxylic acids is 1. The molecule has 0 aromatic heterocycles. The largest absolute Gasteiger partial charge is 0.614 e. The van der Waals surface area contributed by atoms with E-state index in [9.17, 15) is 9.90 Å². The maximum Gasteiger partial charge on any atom is 0.313 e. The van der Waals surface area contributed by atoms with Gasteiger partial charge in [0.1, 0.15) is 12.6 Å². The van der Waals surface area contributed by atoms with Crippen LogP contribution >= 0.6 is 0 Å². The van der Waals surface area contributed by atoms with E-state index in [1.807, 2.05) is 6.92 Å². The van der Waals surface area contributed by atoms with Gasteiger partial charge in [0.2, 0.25) is 0 Å². The van der Waals surface area contributed by atoms with Crippen molar-refractivity contribution < 1.29 is 24.0 Å². The number of rotatable bonds is 9. The van der Waals surface area contributed by atoms with Crippen LogP contribution in [0.25, 0.3) is 0 Å². The summed E-state index contributed by atoms with van der Waals surface area (Å²) in [5, 5.41) is 11.6. The van der Waals surface area contributed by atoms with E-state index in [1.54, 1.807) is 13.8 Å². The highest BCUT2D eigenvalue weighted by Crippen LogP contribution is 2.12. The van der Waals surface area contributed by atoms with Gasteiger partial charge in [-0.3, -0.25) is 4.79 Å². The third-order valence-corrected chi connectivity index (χ3v) is 3.18. The molecule has 0 radical (unpaired) electrons. The van der Waals surface area contributed by atoms with Crippen LogP contribution in [-0.4, -0.2) is 42.1 Å². The zero-order valence-corrected chi connectivity index (χ0v) is 14.1. The van der Waals surface area contributed by atoms with Crippen LogP contribution in [0.15, 0.2) is 12.0 Å². The maximum absolute atomic E-state index is 12.0. The molecule has 0 bridgehead atoms. The third kappa shape index (κ3) is 7.16. The highest BCUT2D eigenvalue weighted by molar-refractivity contribution is 5.84. The number of esters is 1. The highest BCUT2D eigenvalue weighted by Gasteiger charge is 2.23. The Bertz CT molecular complexity index is 386. The van der Waals surface area contributed by atoms with E-state index in [-0.39, 0.29) is 5.97 Å². The molecule has 1 atom stereocenters. The topological polar surface area (TPSA) is 61.6 Å². The van der Waals surface area contributed by atoms with E-state index in [1.165, 1.54) is 6.08 Å². The second kappa shape index (κ2) is 10.2. The van der Waals surface area contributed by atoms with Gasteiger partial charge in [0.05, 0.1) is 12.5 Å². The summed E-state index contributed by atoms with van der Waals surface area (Å²) in [5.41, 5.74) is 1.06. The van der Waals surface area contributed by atoms with Gasteiger partial charge in [-0.25, -0.2) is 4.58 Å². The molecule has 0 saturated heterocycles. The molecule has 0 fully saturated rings. The first-order chi connectivity index (χ1) is 9.87. The third-order valence-electron chi connectivity index (χ3n) is 3.18. The van der Waals surface area contributed by atoms with Crippen LogP contribution in [0.5, 0.6) is 0 Å².